The van der Waals surface area contributed by atoms with Crippen molar-refractivity contribution >= 4 is 0 Å². The zero-order valence-corrected chi connectivity index (χ0v) is 10.1. The summed E-state index contributed by atoms with van der Waals surface area (Å²) in [6, 6.07) is 8.34. The fourth-order valence-electron chi connectivity index (χ4n) is 1.47. The van der Waals surface area contributed by atoms with Crippen LogP contribution in [0.3, 0.4) is 0 Å². The van der Waals surface area contributed by atoms with E-state index in [-0.39, 0.29) is 12.6 Å². The highest BCUT2D eigenvalue weighted by Gasteiger charge is 2.03. The van der Waals surface area contributed by atoms with E-state index in [9.17, 15) is 0 Å². The first-order valence-electron chi connectivity index (χ1n) is 5.85. The van der Waals surface area contributed by atoms with Gasteiger partial charge in [-0.05, 0) is 31.0 Å². The number of hydrogen-bond acceptors (Lipinski definition) is 3. The minimum Gasteiger partial charge on any atom is -0.494 e. The average molecular weight is 223 g/mol. The summed E-state index contributed by atoms with van der Waals surface area (Å²) in [6.07, 6.45) is 1.02. The molecular weight excluding hydrogens is 202 g/mol. The topological polar surface area (TPSA) is 41.5 Å². The molecule has 16 heavy (non-hydrogen) atoms. The molecular formula is C13H21NO2. The van der Waals surface area contributed by atoms with Crippen LogP contribution in [0.2, 0.25) is 0 Å². The second-order valence-corrected chi connectivity index (χ2v) is 3.82. The van der Waals surface area contributed by atoms with Gasteiger partial charge in [-0.2, -0.15) is 0 Å². The van der Waals surface area contributed by atoms with Gasteiger partial charge in [0, 0.05) is 12.6 Å². The number of aliphatic hydroxyl groups excluding tert-OH is 1. The fraction of sp³-hybridized carbons (Fsp3) is 0.538. The predicted molar refractivity (Wildman–Crippen MR) is 65.7 cm³/mol. The molecule has 1 rings (SSSR count). The van der Waals surface area contributed by atoms with Crippen LogP contribution in [0.4, 0.5) is 0 Å². The van der Waals surface area contributed by atoms with Gasteiger partial charge in [-0.25, -0.2) is 0 Å². The van der Waals surface area contributed by atoms with Crippen LogP contribution in [0, 0.1) is 0 Å². The van der Waals surface area contributed by atoms with Gasteiger partial charge in [0.25, 0.3) is 0 Å². The number of benzene rings is 1. The van der Waals surface area contributed by atoms with Crippen molar-refractivity contribution < 1.29 is 9.84 Å². The van der Waals surface area contributed by atoms with Crippen molar-refractivity contribution in [2.24, 2.45) is 0 Å². The van der Waals surface area contributed by atoms with Crippen molar-refractivity contribution in [3.05, 3.63) is 29.8 Å². The number of hydrogen-bond donors (Lipinski definition) is 2. The molecule has 0 aliphatic carbocycles. The van der Waals surface area contributed by atoms with Crippen LogP contribution in [-0.4, -0.2) is 24.9 Å². The van der Waals surface area contributed by atoms with Gasteiger partial charge in [0.2, 0.25) is 0 Å². The van der Waals surface area contributed by atoms with Crippen LogP contribution in [-0.2, 0) is 0 Å². The normalized spacial score (nSPS) is 12.4. The smallest absolute Gasteiger partial charge is 0.119 e. The third kappa shape index (κ3) is 4.21. The molecule has 0 saturated carbocycles. The molecule has 0 fully saturated rings. The first kappa shape index (κ1) is 13.0. The average Bonchev–Trinajstić information content (AvgIpc) is 2.34. The molecule has 3 nitrogen and oxygen atoms in total. The lowest BCUT2D eigenvalue weighted by Gasteiger charge is -2.14. The Bertz CT molecular complexity index is 284. The van der Waals surface area contributed by atoms with Crippen molar-refractivity contribution in [3.8, 4) is 5.75 Å². The molecule has 3 heteroatoms. The summed E-state index contributed by atoms with van der Waals surface area (Å²) in [7, 11) is 0. The van der Waals surface area contributed by atoms with Crippen LogP contribution in [0.5, 0.6) is 5.75 Å². The lowest BCUT2D eigenvalue weighted by molar-refractivity contribution is 0.286. The van der Waals surface area contributed by atoms with Crippen molar-refractivity contribution in [2.75, 3.05) is 19.8 Å². The summed E-state index contributed by atoms with van der Waals surface area (Å²) >= 11 is 0. The molecule has 0 amide bonds. The Morgan fingerprint density at radius 3 is 2.56 bits per heavy atom. The van der Waals surface area contributed by atoms with Crippen molar-refractivity contribution in [1.29, 1.82) is 0 Å². The SMILES string of the molecule is CCCOc1ccc(C(C)NCCO)cc1. The summed E-state index contributed by atoms with van der Waals surface area (Å²) < 4.78 is 5.51. The molecule has 1 unspecified atom stereocenters. The molecule has 0 aliphatic rings. The first-order valence-corrected chi connectivity index (χ1v) is 5.85. The molecule has 0 heterocycles. The Morgan fingerprint density at radius 2 is 2.00 bits per heavy atom. The summed E-state index contributed by atoms with van der Waals surface area (Å²) in [6.45, 7) is 5.72. The highest BCUT2D eigenvalue weighted by molar-refractivity contribution is 5.28. The molecule has 0 spiro atoms. The van der Waals surface area contributed by atoms with E-state index in [1.54, 1.807) is 0 Å². The second-order valence-electron chi connectivity index (χ2n) is 3.82. The first-order chi connectivity index (χ1) is 7.77. The number of rotatable bonds is 7. The molecule has 0 radical (unpaired) electrons. The molecule has 2 N–H and O–H groups in total. The van der Waals surface area contributed by atoms with Crippen LogP contribution < -0.4 is 10.1 Å². The van der Waals surface area contributed by atoms with E-state index >= 15 is 0 Å². The van der Waals surface area contributed by atoms with Crippen molar-refractivity contribution in [2.45, 2.75) is 26.3 Å². The van der Waals surface area contributed by atoms with Gasteiger partial charge in [0.05, 0.1) is 13.2 Å². The van der Waals surface area contributed by atoms with Gasteiger partial charge in [0.1, 0.15) is 5.75 Å². The van der Waals surface area contributed by atoms with E-state index in [0.29, 0.717) is 6.54 Å². The summed E-state index contributed by atoms with van der Waals surface area (Å²) in [5.41, 5.74) is 1.21. The van der Waals surface area contributed by atoms with Crippen LogP contribution in [0.15, 0.2) is 24.3 Å². The minimum atomic E-state index is 0.169. The monoisotopic (exact) mass is 223 g/mol. The second kappa shape index (κ2) is 7.25. The number of ether oxygens (including phenoxy) is 1. The van der Waals surface area contributed by atoms with Crippen LogP contribution in [0.1, 0.15) is 31.9 Å². The molecule has 90 valence electrons. The molecule has 0 saturated heterocycles. The Morgan fingerprint density at radius 1 is 1.31 bits per heavy atom. The van der Waals surface area contributed by atoms with E-state index in [2.05, 4.69) is 31.3 Å². The van der Waals surface area contributed by atoms with Crippen molar-refractivity contribution in [3.63, 3.8) is 0 Å². The maximum Gasteiger partial charge on any atom is 0.119 e. The van der Waals surface area contributed by atoms with E-state index in [4.69, 9.17) is 9.84 Å². The molecule has 0 aliphatic heterocycles. The molecule has 0 aromatic heterocycles. The van der Waals surface area contributed by atoms with E-state index in [0.717, 1.165) is 18.8 Å². The predicted octanol–water partition coefficient (Wildman–Crippen LogP) is 2.12. The lowest BCUT2D eigenvalue weighted by Crippen LogP contribution is -2.21. The summed E-state index contributed by atoms with van der Waals surface area (Å²) in [5.74, 6) is 0.917. The largest absolute Gasteiger partial charge is 0.494 e. The van der Waals surface area contributed by atoms with E-state index in [1.807, 2.05) is 12.1 Å². The highest BCUT2D eigenvalue weighted by Crippen LogP contribution is 2.17. The van der Waals surface area contributed by atoms with Crippen molar-refractivity contribution in [1.82, 2.24) is 5.32 Å². The van der Waals surface area contributed by atoms with Gasteiger partial charge in [-0.3, -0.25) is 0 Å². The standard InChI is InChI=1S/C13H21NO2/c1-3-10-16-13-6-4-12(5-7-13)11(2)14-8-9-15/h4-7,11,14-15H,3,8-10H2,1-2H3. The van der Waals surface area contributed by atoms with Gasteiger partial charge in [-0.1, -0.05) is 19.1 Å². The van der Waals surface area contributed by atoms with Crippen LogP contribution in [0.25, 0.3) is 0 Å². The molecule has 1 aromatic carbocycles. The van der Waals surface area contributed by atoms with Gasteiger partial charge >= 0.3 is 0 Å². The third-order valence-corrected chi connectivity index (χ3v) is 2.42. The van der Waals surface area contributed by atoms with Crippen LogP contribution >= 0.6 is 0 Å². The molecule has 1 aromatic rings. The van der Waals surface area contributed by atoms with E-state index in [1.165, 1.54) is 5.56 Å². The van der Waals surface area contributed by atoms with Gasteiger partial charge < -0.3 is 15.2 Å². The molecule has 1 atom stereocenters. The Balaban J connectivity index is 2.49. The number of aliphatic hydroxyl groups is 1. The fourth-order valence-corrected chi connectivity index (χ4v) is 1.47. The van der Waals surface area contributed by atoms with E-state index < -0.39 is 0 Å². The Kier molecular flexibility index (Phi) is 5.90. The zero-order chi connectivity index (χ0) is 11.8. The number of nitrogens with one attached hydrogen (secondary N) is 1. The third-order valence-electron chi connectivity index (χ3n) is 2.42. The summed E-state index contributed by atoms with van der Waals surface area (Å²) in [5, 5.41) is 11.9. The lowest BCUT2D eigenvalue weighted by atomic mass is 10.1. The Labute approximate surface area is 97.4 Å². The Hall–Kier alpha value is -1.06. The zero-order valence-electron chi connectivity index (χ0n) is 10.1. The maximum atomic E-state index is 8.72. The highest BCUT2D eigenvalue weighted by atomic mass is 16.5. The summed E-state index contributed by atoms with van der Waals surface area (Å²) in [4.78, 5) is 0. The van der Waals surface area contributed by atoms with Gasteiger partial charge in [0.15, 0.2) is 0 Å². The minimum absolute atomic E-state index is 0.169. The quantitative estimate of drug-likeness (QED) is 0.744. The molecule has 0 bridgehead atoms. The van der Waals surface area contributed by atoms with Gasteiger partial charge in [-0.15, -0.1) is 0 Å². The maximum absolute atomic E-state index is 8.72.